The first-order chi connectivity index (χ1) is 18.5. The minimum atomic E-state index is -1.13. The third kappa shape index (κ3) is 5.02. The minimum Gasteiger partial charge on any atom is -0.359 e. The predicted octanol–water partition coefficient (Wildman–Crippen LogP) is 3.29. The molecule has 1 spiro atoms. The molecular formula is C31H44N4O4. The van der Waals surface area contributed by atoms with E-state index in [0.717, 1.165) is 36.9 Å². The molecule has 0 aromatic heterocycles. The number of benzene rings is 1. The molecule has 3 aliphatic heterocycles. The van der Waals surface area contributed by atoms with Gasteiger partial charge < -0.3 is 25.2 Å². The molecule has 1 aliphatic carbocycles. The number of anilines is 1. The van der Waals surface area contributed by atoms with Crippen LogP contribution < -0.4 is 10.6 Å². The number of rotatable bonds is 8. The first kappa shape index (κ1) is 27.8. The van der Waals surface area contributed by atoms with Crippen LogP contribution in [-0.4, -0.2) is 78.5 Å². The average molecular weight is 537 g/mol. The lowest BCUT2D eigenvalue weighted by molar-refractivity contribution is -0.141. The number of carbonyl (C=O) groups is 3. The van der Waals surface area contributed by atoms with Gasteiger partial charge in [-0.15, -0.1) is 0 Å². The summed E-state index contributed by atoms with van der Waals surface area (Å²) in [4.78, 5) is 45.6. The highest BCUT2D eigenvalue weighted by molar-refractivity contribution is 6.02. The lowest BCUT2D eigenvalue weighted by Gasteiger charge is -2.38. The number of aryl methyl sites for hydroxylation is 2. The summed E-state index contributed by atoms with van der Waals surface area (Å²) in [5, 5.41) is 6.36. The first-order valence-electron chi connectivity index (χ1n) is 14.5. The molecular weight excluding hydrogens is 492 g/mol. The maximum absolute atomic E-state index is 14.1. The number of nitrogens with zero attached hydrogens (tertiary/aromatic N) is 2. The summed E-state index contributed by atoms with van der Waals surface area (Å²) >= 11 is 0. The second kappa shape index (κ2) is 10.7. The van der Waals surface area contributed by atoms with Gasteiger partial charge in [0.2, 0.25) is 17.7 Å². The molecule has 1 saturated carbocycles. The molecule has 8 atom stereocenters. The number of likely N-dealkylation sites (tertiary alicyclic amines) is 1. The van der Waals surface area contributed by atoms with Gasteiger partial charge in [-0.25, -0.2) is 0 Å². The summed E-state index contributed by atoms with van der Waals surface area (Å²) in [7, 11) is 3.99. The largest absolute Gasteiger partial charge is 0.359 e. The van der Waals surface area contributed by atoms with Crippen molar-refractivity contribution in [1.29, 1.82) is 0 Å². The third-order valence-corrected chi connectivity index (χ3v) is 9.45. The third-order valence-electron chi connectivity index (χ3n) is 9.45. The second-order valence-corrected chi connectivity index (χ2v) is 12.6. The van der Waals surface area contributed by atoms with Crippen LogP contribution in [0.2, 0.25) is 0 Å². The highest BCUT2D eigenvalue weighted by Gasteiger charge is 2.72. The SMILES string of the molecule is Cc1cc(C)cc(NC(=O)[C@H]2[C@H]3C=C[C@@]4(O3)[C@H]2C(=O)N(CCCN(C)C)[C@@H]4C(=O)N[C@@H]2CCC[C@@H](C)[C@@H]2C)c1. The van der Waals surface area contributed by atoms with E-state index in [1.54, 1.807) is 4.90 Å². The van der Waals surface area contributed by atoms with E-state index in [9.17, 15) is 14.4 Å². The van der Waals surface area contributed by atoms with Gasteiger partial charge in [0.15, 0.2) is 0 Å². The fraction of sp³-hybridized carbons (Fsp3) is 0.645. The van der Waals surface area contributed by atoms with Gasteiger partial charge in [0.05, 0.1) is 17.9 Å². The Morgan fingerprint density at radius 3 is 2.51 bits per heavy atom. The molecule has 8 heteroatoms. The molecule has 2 saturated heterocycles. The van der Waals surface area contributed by atoms with Crippen molar-refractivity contribution in [3.63, 3.8) is 0 Å². The van der Waals surface area contributed by atoms with Gasteiger partial charge in [0, 0.05) is 18.3 Å². The van der Waals surface area contributed by atoms with E-state index >= 15 is 0 Å². The lowest BCUT2D eigenvalue weighted by atomic mass is 9.73. The summed E-state index contributed by atoms with van der Waals surface area (Å²) in [6.45, 7) is 9.66. The standard InChI is InChI=1S/C31H44N4O4/c1-18-15-19(2)17-22(16-18)32-28(36)25-24-11-12-31(39-24)26(25)30(38)35(14-8-13-34(5)6)27(31)29(37)33-23-10-7-9-20(3)21(23)4/h11-12,15-17,20-21,23-27H,7-10,13-14H2,1-6H3,(H,32,36)(H,33,37)/t20-,21+,23-,24-,25+,26-,27-,31-/m1/s1. The van der Waals surface area contributed by atoms with Crippen LogP contribution in [0.15, 0.2) is 30.4 Å². The summed E-state index contributed by atoms with van der Waals surface area (Å²) in [5.74, 6) is -1.08. The van der Waals surface area contributed by atoms with Crippen LogP contribution in [0, 0.1) is 37.5 Å². The topological polar surface area (TPSA) is 91.0 Å². The van der Waals surface area contributed by atoms with Gasteiger partial charge in [-0.05, 0) is 82.4 Å². The van der Waals surface area contributed by atoms with Gasteiger partial charge in [0.25, 0.3) is 0 Å². The van der Waals surface area contributed by atoms with E-state index in [2.05, 4.69) is 35.4 Å². The number of carbonyl (C=O) groups excluding carboxylic acids is 3. The number of nitrogens with one attached hydrogen (secondary N) is 2. The van der Waals surface area contributed by atoms with Crippen molar-refractivity contribution in [3.8, 4) is 0 Å². The molecule has 0 radical (unpaired) electrons. The normalized spacial score (nSPS) is 35.0. The Morgan fingerprint density at radius 2 is 1.82 bits per heavy atom. The van der Waals surface area contributed by atoms with Crippen molar-refractivity contribution >= 4 is 23.4 Å². The van der Waals surface area contributed by atoms with E-state index in [1.165, 1.54) is 6.42 Å². The molecule has 39 heavy (non-hydrogen) atoms. The molecule has 8 nitrogen and oxygen atoms in total. The maximum atomic E-state index is 14.1. The Kier molecular flexibility index (Phi) is 7.63. The Balaban J connectivity index is 1.43. The first-order valence-corrected chi connectivity index (χ1v) is 14.5. The van der Waals surface area contributed by atoms with E-state index in [0.29, 0.717) is 24.1 Å². The van der Waals surface area contributed by atoms with Crippen LogP contribution in [0.4, 0.5) is 5.69 Å². The van der Waals surface area contributed by atoms with Crippen LogP contribution in [0.1, 0.15) is 50.7 Å². The van der Waals surface area contributed by atoms with Crippen molar-refractivity contribution < 1.29 is 19.1 Å². The van der Waals surface area contributed by atoms with Crippen molar-refractivity contribution in [1.82, 2.24) is 15.1 Å². The second-order valence-electron chi connectivity index (χ2n) is 12.6. The molecule has 212 valence electrons. The zero-order valence-corrected chi connectivity index (χ0v) is 24.2. The molecule has 5 rings (SSSR count). The fourth-order valence-corrected chi connectivity index (χ4v) is 7.38. The molecule has 3 heterocycles. The molecule has 4 aliphatic rings. The molecule has 0 unspecified atom stereocenters. The number of hydrogen-bond donors (Lipinski definition) is 2. The molecule has 2 N–H and O–H groups in total. The summed E-state index contributed by atoms with van der Waals surface area (Å²) in [5.41, 5.74) is 1.69. The quantitative estimate of drug-likeness (QED) is 0.498. The van der Waals surface area contributed by atoms with Crippen LogP contribution in [0.25, 0.3) is 0 Å². The summed E-state index contributed by atoms with van der Waals surface area (Å²) in [6, 6.07) is 5.19. The van der Waals surface area contributed by atoms with Crippen LogP contribution >= 0.6 is 0 Å². The number of ether oxygens (including phenoxy) is 1. The van der Waals surface area contributed by atoms with E-state index < -0.39 is 29.6 Å². The monoisotopic (exact) mass is 536 g/mol. The Hall–Kier alpha value is -2.71. The molecule has 2 bridgehead atoms. The zero-order chi connectivity index (χ0) is 28.1. The van der Waals surface area contributed by atoms with Gasteiger partial charge in [-0.3, -0.25) is 14.4 Å². The van der Waals surface area contributed by atoms with Crippen LogP contribution in [-0.2, 0) is 19.1 Å². The van der Waals surface area contributed by atoms with E-state index in [4.69, 9.17) is 4.74 Å². The number of amides is 3. The van der Waals surface area contributed by atoms with E-state index in [-0.39, 0.29) is 23.8 Å². The van der Waals surface area contributed by atoms with Crippen molar-refractivity contribution in [3.05, 3.63) is 41.5 Å². The maximum Gasteiger partial charge on any atom is 0.246 e. The molecule has 3 fully saturated rings. The van der Waals surface area contributed by atoms with E-state index in [1.807, 2.05) is 52.2 Å². The highest BCUT2D eigenvalue weighted by atomic mass is 16.5. The van der Waals surface area contributed by atoms with Gasteiger partial charge >= 0.3 is 0 Å². The van der Waals surface area contributed by atoms with Crippen molar-refractivity contribution in [2.75, 3.05) is 32.5 Å². The van der Waals surface area contributed by atoms with Gasteiger partial charge in [0.1, 0.15) is 11.6 Å². The van der Waals surface area contributed by atoms with Crippen molar-refractivity contribution in [2.45, 2.75) is 77.2 Å². The zero-order valence-electron chi connectivity index (χ0n) is 24.2. The van der Waals surface area contributed by atoms with Crippen LogP contribution in [0.3, 0.4) is 0 Å². The average Bonchev–Trinajstić information content (AvgIpc) is 3.49. The van der Waals surface area contributed by atoms with Gasteiger partial charge in [-0.2, -0.15) is 0 Å². The number of hydrogen-bond acceptors (Lipinski definition) is 5. The minimum absolute atomic E-state index is 0.0710. The smallest absolute Gasteiger partial charge is 0.246 e. The molecule has 3 amide bonds. The Bertz CT molecular complexity index is 1140. The van der Waals surface area contributed by atoms with Crippen molar-refractivity contribution in [2.24, 2.45) is 23.7 Å². The lowest BCUT2D eigenvalue weighted by Crippen LogP contribution is -2.58. The number of fused-ring (bicyclic) bond motifs is 1. The predicted molar refractivity (Wildman–Crippen MR) is 151 cm³/mol. The van der Waals surface area contributed by atoms with Crippen LogP contribution in [0.5, 0.6) is 0 Å². The summed E-state index contributed by atoms with van der Waals surface area (Å²) < 4.78 is 6.50. The Labute approximate surface area is 232 Å². The van der Waals surface area contributed by atoms with Gasteiger partial charge in [-0.1, -0.05) is 44.9 Å². The fourth-order valence-electron chi connectivity index (χ4n) is 7.38. The highest BCUT2D eigenvalue weighted by Crippen LogP contribution is 2.55. The summed E-state index contributed by atoms with van der Waals surface area (Å²) in [6.07, 6.45) is 7.17. The Morgan fingerprint density at radius 1 is 1.10 bits per heavy atom. The molecule has 1 aromatic carbocycles. The molecule has 1 aromatic rings.